The van der Waals surface area contributed by atoms with Crippen LogP contribution in [-0.4, -0.2) is 35.9 Å². The molecule has 146 valence electrons. The minimum Gasteiger partial charge on any atom is -0.365 e. The van der Waals surface area contributed by atoms with Crippen LogP contribution in [0, 0.1) is 12.7 Å². The average molecular weight is 383 g/mol. The summed E-state index contributed by atoms with van der Waals surface area (Å²) in [6, 6.07) is 7.86. The van der Waals surface area contributed by atoms with Gasteiger partial charge in [-0.2, -0.15) is 0 Å². The van der Waals surface area contributed by atoms with Gasteiger partial charge in [0.1, 0.15) is 17.5 Å². The number of aryl methyl sites for hydroxylation is 1. The molecular formula is C20H22FN5O2. The Morgan fingerprint density at radius 1 is 1.36 bits per heavy atom. The van der Waals surface area contributed by atoms with Crippen molar-refractivity contribution >= 4 is 29.1 Å². The standard InChI is InChI=1S/C20H22FN5O2/c1-3-18(27)24-14-8-9-26(11-14)20-15(19(22)28)5-7-17(25-20)23-13-4-6-16(21)12(2)10-13/h3-7,10,14H,1,8-9,11H2,2H3,(H2,22,28)(H,23,25)(H,24,27)/t14-/m0/s1. The molecule has 1 aromatic heterocycles. The van der Waals surface area contributed by atoms with Crippen molar-refractivity contribution < 1.29 is 14.0 Å². The van der Waals surface area contributed by atoms with Gasteiger partial charge in [-0.1, -0.05) is 6.58 Å². The topological polar surface area (TPSA) is 100 Å². The van der Waals surface area contributed by atoms with Gasteiger partial charge < -0.3 is 21.3 Å². The van der Waals surface area contributed by atoms with E-state index in [1.807, 2.05) is 4.90 Å². The van der Waals surface area contributed by atoms with Gasteiger partial charge in [-0.15, -0.1) is 0 Å². The van der Waals surface area contributed by atoms with Crippen LogP contribution < -0.4 is 21.3 Å². The van der Waals surface area contributed by atoms with Gasteiger partial charge in [0, 0.05) is 24.8 Å². The number of hydrogen-bond donors (Lipinski definition) is 3. The lowest BCUT2D eigenvalue weighted by Gasteiger charge is -2.21. The molecule has 0 unspecified atom stereocenters. The number of carbonyl (C=O) groups is 2. The van der Waals surface area contributed by atoms with Crippen LogP contribution in [0.25, 0.3) is 0 Å². The number of anilines is 3. The zero-order valence-electron chi connectivity index (χ0n) is 15.5. The molecule has 0 saturated carbocycles. The van der Waals surface area contributed by atoms with Crippen LogP contribution in [0.4, 0.5) is 21.7 Å². The number of carbonyl (C=O) groups excluding carboxylic acids is 2. The van der Waals surface area contributed by atoms with Crippen LogP contribution in [0.15, 0.2) is 43.0 Å². The van der Waals surface area contributed by atoms with E-state index in [-0.39, 0.29) is 17.8 Å². The number of amides is 2. The number of rotatable bonds is 6. The Balaban J connectivity index is 1.84. The molecule has 28 heavy (non-hydrogen) atoms. The lowest BCUT2D eigenvalue weighted by Crippen LogP contribution is -2.36. The summed E-state index contributed by atoms with van der Waals surface area (Å²) in [7, 11) is 0. The van der Waals surface area contributed by atoms with Crippen molar-refractivity contribution in [1.82, 2.24) is 10.3 Å². The summed E-state index contributed by atoms with van der Waals surface area (Å²) in [6.45, 7) is 6.25. The maximum Gasteiger partial charge on any atom is 0.252 e. The highest BCUT2D eigenvalue weighted by molar-refractivity contribution is 5.98. The van der Waals surface area contributed by atoms with Gasteiger partial charge in [-0.05, 0) is 55.3 Å². The van der Waals surface area contributed by atoms with Gasteiger partial charge in [0.15, 0.2) is 0 Å². The molecule has 3 rings (SSSR count). The summed E-state index contributed by atoms with van der Waals surface area (Å²) in [5, 5.41) is 5.96. The van der Waals surface area contributed by atoms with Gasteiger partial charge in [-0.25, -0.2) is 9.37 Å². The van der Waals surface area contributed by atoms with E-state index in [2.05, 4.69) is 22.2 Å². The zero-order chi connectivity index (χ0) is 20.3. The average Bonchev–Trinajstić information content (AvgIpc) is 3.12. The molecule has 1 saturated heterocycles. The normalized spacial score (nSPS) is 15.9. The molecule has 0 aliphatic carbocycles. The maximum atomic E-state index is 13.5. The number of primary amides is 1. The van der Waals surface area contributed by atoms with E-state index in [1.165, 1.54) is 12.1 Å². The van der Waals surface area contributed by atoms with Crippen LogP contribution >= 0.6 is 0 Å². The fourth-order valence-electron chi connectivity index (χ4n) is 3.15. The number of hydrogen-bond acceptors (Lipinski definition) is 5. The Kier molecular flexibility index (Phi) is 5.58. The van der Waals surface area contributed by atoms with Crippen molar-refractivity contribution in [3.63, 3.8) is 0 Å². The molecule has 1 aliphatic rings. The van der Waals surface area contributed by atoms with E-state index in [1.54, 1.807) is 31.2 Å². The first-order valence-electron chi connectivity index (χ1n) is 8.89. The van der Waals surface area contributed by atoms with Crippen LogP contribution in [0.1, 0.15) is 22.3 Å². The van der Waals surface area contributed by atoms with E-state index in [9.17, 15) is 14.0 Å². The molecule has 1 aromatic carbocycles. The number of benzene rings is 1. The van der Waals surface area contributed by atoms with Crippen molar-refractivity contribution in [2.45, 2.75) is 19.4 Å². The third kappa shape index (κ3) is 4.28. The first kappa shape index (κ1) is 19.3. The van der Waals surface area contributed by atoms with E-state index >= 15 is 0 Å². The van der Waals surface area contributed by atoms with Crippen LogP contribution in [0.2, 0.25) is 0 Å². The number of nitrogens with two attached hydrogens (primary N) is 1. The van der Waals surface area contributed by atoms with Crippen molar-refractivity contribution in [2.75, 3.05) is 23.3 Å². The monoisotopic (exact) mass is 383 g/mol. The van der Waals surface area contributed by atoms with E-state index in [4.69, 9.17) is 5.73 Å². The molecule has 0 bridgehead atoms. The van der Waals surface area contributed by atoms with Crippen LogP contribution in [0.3, 0.4) is 0 Å². The van der Waals surface area contributed by atoms with E-state index < -0.39 is 5.91 Å². The van der Waals surface area contributed by atoms with Gasteiger partial charge in [-0.3, -0.25) is 9.59 Å². The van der Waals surface area contributed by atoms with E-state index in [0.29, 0.717) is 48.0 Å². The van der Waals surface area contributed by atoms with Gasteiger partial charge in [0.2, 0.25) is 5.91 Å². The Morgan fingerprint density at radius 2 is 2.14 bits per heavy atom. The van der Waals surface area contributed by atoms with Gasteiger partial charge >= 0.3 is 0 Å². The smallest absolute Gasteiger partial charge is 0.252 e. The molecule has 8 heteroatoms. The van der Waals surface area contributed by atoms with Crippen molar-refractivity contribution in [2.24, 2.45) is 5.73 Å². The summed E-state index contributed by atoms with van der Waals surface area (Å²) >= 11 is 0. The van der Waals surface area contributed by atoms with Crippen molar-refractivity contribution in [1.29, 1.82) is 0 Å². The van der Waals surface area contributed by atoms with Gasteiger partial charge in [0.05, 0.1) is 5.56 Å². The lowest BCUT2D eigenvalue weighted by atomic mass is 10.2. The van der Waals surface area contributed by atoms with E-state index in [0.717, 1.165) is 0 Å². The predicted molar refractivity (Wildman–Crippen MR) is 106 cm³/mol. The Labute approximate surface area is 162 Å². The summed E-state index contributed by atoms with van der Waals surface area (Å²) in [5.41, 5.74) is 7.01. The summed E-state index contributed by atoms with van der Waals surface area (Å²) < 4.78 is 13.5. The summed E-state index contributed by atoms with van der Waals surface area (Å²) in [5.74, 6) is -0.147. The largest absolute Gasteiger partial charge is 0.365 e. The second-order valence-electron chi connectivity index (χ2n) is 6.67. The molecule has 2 amide bonds. The first-order chi connectivity index (χ1) is 13.4. The second kappa shape index (κ2) is 8.08. The quantitative estimate of drug-likeness (QED) is 0.665. The molecule has 0 radical (unpaired) electrons. The number of nitrogens with zero attached hydrogens (tertiary/aromatic N) is 2. The third-order valence-electron chi connectivity index (χ3n) is 4.59. The summed E-state index contributed by atoms with van der Waals surface area (Å²) in [4.78, 5) is 29.8. The van der Waals surface area contributed by atoms with Crippen LogP contribution in [0.5, 0.6) is 0 Å². The van der Waals surface area contributed by atoms with Crippen molar-refractivity contribution in [3.05, 3.63) is 59.9 Å². The maximum absolute atomic E-state index is 13.5. The molecular weight excluding hydrogens is 361 g/mol. The number of aromatic nitrogens is 1. The minimum atomic E-state index is -0.578. The highest BCUT2D eigenvalue weighted by Gasteiger charge is 2.27. The number of pyridine rings is 1. The molecule has 2 heterocycles. The molecule has 1 fully saturated rings. The first-order valence-corrected chi connectivity index (χ1v) is 8.89. The minimum absolute atomic E-state index is 0.0654. The molecule has 1 aliphatic heterocycles. The molecule has 0 spiro atoms. The van der Waals surface area contributed by atoms with Crippen molar-refractivity contribution in [3.8, 4) is 0 Å². The summed E-state index contributed by atoms with van der Waals surface area (Å²) in [6.07, 6.45) is 1.94. The highest BCUT2D eigenvalue weighted by Crippen LogP contribution is 2.26. The SMILES string of the molecule is C=CC(=O)N[C@H]1CCN(c2nc(Nc3ccc(F)c(C)c3)ccc2C(N)=O)C1. The fourth-order valence-corrected chi connectivity index (χ4v) is 3.15. The zero-order valence-corrected chi connectivity index (χ0v) is 15.5. The Bertz CT molecular complexity index is 931. The highest BCUT2D eigenvalue weighted by atomic mass is 19.1. The molecule has 2 aromatic rings. The molecule has 1 atom stereocenters. The molecule has 4 N–H and O–H groups in total. The second-order valence-corrected chi connectivity index (χ2v) is 6.67. The Hall–Kier alpha value is -3.42. The lowest BCUT2D eigenvalue weighted by molar-refractivity contribution is -0.117. The number of halogens is 1. The molecule has 7 nitrogen and oxygen atoms in total. The Morgan fingerprint density at radius 3 is 2.82 bits per heavy atom. The van der Waals surface area contributed by atoms with Crippen LogP contribution in [-0.2, 0) is 4.79 Å². The predicted octanol–water partition coefficient (Wildman–Crippen LogP) is 2.25. The van der Waals surface area contributed by atoms with Gasteiger partial charge in [0.25, 0.3) is 5.91 Å². The third-order valence-corrected chi connectivity index (χ3v) is 4.59. The fraction of sp³-hybridized carbons (Fsp3) is 0.250. The number of nitrogens with one attached hydrogen (secondary N) is 2.